The van der Waals surface area contributed by atoms with Crippen molar-refractivity contribution < 1.29 is 67.2 Å². The summed E-state index contributed by atoms with van der Waals surface area (Å²) in [7, 11) is 4.49. The van der Waals surface area contributed by atoms with Crippen molar-refractivity contribution in [3.63, 3.8) is 0 Å². The van der Waals surface area contributed by atoms with Gasteiger partial charge in [-0.15, -0.1) is 0 Å². The van der Waals surface area contributed by atoms with Gasteiger partial charge in [0.05, 0.1) is 35.7 Å². The highest BCUT2D eigenvalue weighted by Gasteiger charge is 2.64. The van der Waals surface area contributed by atoms with E-state index in [4.69, 9.17) is 36.3 Å². The number of amides is 5. The number of carbonyl (C=O) groups is 9. The van der Waals surface area contributed by atoms with E-state index < -0.39 is 95.2 Å². The number of hydrogen-bond acceptors (Lipinski definition) is 14. The molecule has 19 nitrogen and oxygen atoms in total. The van der Waals surface area contributed by atoms with E-state index in [9.17, 15) is 48.3 Å². The van der Waals surface area contributed by atoms with Crippen LogP contribution in [0.3, 0.4) is 0 Å². The third kappa shape index (κ3) is 19.8. The van der Waals surface area contributed by atoms with Crippen LogP contribution in [0.1, 0.15) is 151 Å². The number of ketones is 3. The molecule has 0 spiro atoms. The van der Waals surface area contributed by atoms with Crippen LogP contribution in [0.15, 0.2) is 54.1 Å². The monoisotopic (exact) mass is 1360 g/mol. The molecular weight excluding hydrogens is 1270 g/mol. The second-order valence-electron chi connectivity index (χ2n) is 24.5. The summed E-state index contributed by atoms with van der Waals surface area (Å²) in [5.74, 6) is -4.68. The van der Waals surface area contributed by atoms with Gasteiger partial charge in [0.2, 0.25) is 11.8 Å². The number of fused-ring (bicyclic) bond motifs is 5. The normalized spacial score (nSPS) is 24.4. The molecule has 4 bridgehead atoms. The summed E-state index contributed by atoms with van der Waals surface area (Å²) in [5.41, 5.74) is 6.70. The number of ether oxygens (including phenoxy) is 4. The minimum atomic E-state index is -1.64. The van der Waals surface area contributed by atoms with Gasteiger partial charge in [0, 0.05) is 93.8 Å². The van der Waals surface area contributed by atoms with Crippen LogP contribution < -0.4 is 21.3 Å². The van der Waals surface area contributed by atoms with Gasteiger partial charge in [-0.05, 0) is 113 Å². The van der Waals surface area contributed by atoms with Crippen LogP contribution in [-0.4, -0.2) is 149 Å². The van der Waals surface area contributed by atoms with Gasteiger partial charge in [0.15, 0.2) is 5.78 Å². The molecule has 5 amide bonds. The standard InChI is InChI=1S/C65H90Br2ClN5O14/c1-37(2)48(31-47(74)19-14-12-13-15-21-51(75)46(35-66)36-67)60(79)71-49(20-17-25-70-63(69)82)52(76)30-44-23-24-45(28-39(44)4)61(80)72(9)42(7)62(81)86-55-32-56(77)73(10)50-29-43(27-40(5)58(50)68)26-38(3)18-16-22-54(84-11)65(83)33-53(85-57(78)34-65)41(6)59-64(55,8)87-59/h16,18,22-24,27-29,37,41-42,46,48-49,53-55,59,83H,12-15,17,19-21,25-26,30-36H2,1-11H3,(H,71,79)(H3,69,70,82)/b22-16+,38-18+/t41-,42+,48+,49+,53+,54-,55+,59+,64+,65-/m1/s1. The number of urea groups is 1. The first-order valence-corrected chi connectivity index (χ1v) is 32.7. The Morgan fingerprint density at radius 1 is 0.954 bits per heavy atom. The van der Waals surface area contributed by atoms with Gasteiger partial charge in [0.1, 0.15) is 47.1 Å². The van der Waals surface area contributed by atoms with Crippen LogP contribution in [0.4, 0.5) is 10.5 Å². The number of aliphatic hydroxyl groups is 1. The summed E-state index contributed by atoms with van der Waals surface area (Å²) in [4.78, 5) is 124. The lowest BCUT2D eigenvalue weighted by atomic mass is 9.78. The van der Waals surface area contributed by atoms with Gasteiger partial charge < -0.3 is 50.2 Å². The van der Waals surface area contributed by atoms with Crippen molar-refractivity contribution in [2.24, 2.45) is 29.4 Å². The van der Waals surface area contributed by atoms with E-state index in [1.54, 1.807) is 52.1 Å². The highest BCUT2D eigenvalue weighted by Crippen LogP contribution is 2.50. The summed E-state index contributed by atoms with van der Waals surface area (Å²) in [6, 6.07) is 5.62. The first-order chi connectivity index (χ1) is 41.0. The Kier molecular flexibility index (Phi) is 27.4. The predicted octanol–water partition coefficient (Wildman–Crippen LogP) is 9.28. The zero-order valence-electron chi connectivity index (χ0n) is 52.3. The van der Waals surface area contributed by atoms with E-state index in [-0.39, 0.29) is 79.8 Å². The largest absolute Gasteiger partial charge is 0.462 e. The Bertz CT molecular complexity index is 2900. The molecule has 2 aromatic rings. The highest BCUT2D eigenvalue weighted by atomic mass is 79.9. The molecule has 3 aliphatic heterocycles. The number of halogens is 3. The number of aryl methyl sites for hydroxylation is 2. The Morgan fingerprint density at radius 2 is 1.63 bits per heavy atom. The fraction of sp³-hybridized carbons (Fsp3) is 0.615. The van der Waals surface area contributed by atoms with Crippen molar-refractivity contribution in [3.8, 4) is 0 Å². The molecule has 0 radical (unpaired) electrons. The van der Waals surface area contributed by atoms with E-state index in [2.05, 4.69) is 42.5 Å². The van der Waals surface area contributed by atoms with Crippen molar-refractivity contribution in [1.82, 2.24) is 15.5 Å². The molecule has 2 aromatic carbocycles. The molecule has 10 atom stereocenters. The smallest absolute Gasteiger partial charge is 0.328 e. The highest BCUT2D eigenvalue weighted by molar-refractivity contribution is 9.09. The zero-order valence-corrected chi connectivity index (χ0v) is 56.2. The summed E-state index contributed by atoms with van der Waals surface area (Å²) < 4.78 is 24.3. The maximum atomic E-state index is 14.5. The number of hydrogen-bond donors (Lipinski definition) is 4. The molecule has 5 N–H and O–H groups in total. The van der Waals surface area contributed by atoms with Crippen molar-refractivity contribution >= 4 is 102 Å². The summed E-state index contributed by atoms with van der Waals surface area (Å²) >= 11 is 13.6. The number of alkyl halides is 2. The number of epoxide rings is 1. The van der Waals surface area contributed by atoms with Crippen LogP contribution >= 0.6 is 43.5 Å². The fourth-order valence-electron chi connectivity index (χ4n) is 11.5. The van der Waals surface area contributed by atoms with Gasteiger partial charge >= 0.3 is 18.0 Å². The number of primary amides is 1. The number of esters is 2. The second kappa shape index (κ2) is 33.0. The number of rotatable bonds is 27. The number of anilines is 1. The van der Waals surface area contributed by atoms with Gasteiger partial charge in [-0.25, -0.2) is 9.59 Å². The molecular formula is C65H90Br2ClN5O14. The molecule has 2 saturated heterocycles. The fourth-order valence-corrected chi connectivity index (χ4v) is 13.5. The van der Waals surface area contributed by atoms with E-state index >= 15 is 0 Å². The number of Topliss-reactive ketones (excluding diaryl/α,β-unsaturated/α-hetero) is 3. The second-order valence-corrected chi connectivity index (χ2v) is 26.2. The molecule has 0 aliphatic carbocycles. The van der Waals surface area contributed by atoms with Crippen LogP contribution in [-0.2, 0) is 65.4 Å². The van der Waals surface area contributed by atoms with E-state index in [0.717, 1.165) is 36.0 Å². The van der Waals surface area contributed by atoms with E-state index in [0.29, 0.717) is 64.6 Å². The number of carbonyl (C=O) groups excluding carboxylic acids is 9. The molecule has 3 aliphatic rings. The summed E-state index contributed by atoms with van der Waals surface area (Å²) in [5, 5.41) is 19.0. The number of nitrogens with one attached hydrogen (secondary N) is 2. The van der Waals surface area contributed by atoms with Gasteiger partial charge in [-0.1, -0.05) is 113 Å². The number of likely N-dealkylation sites (N-methyl/N-ethyl adjacent to an activating group) is 1. The lowest BCUT2D eigenvalue weighted by Crippen LogP contribution is -2.53. The molecule has 3 heterocycles. The maximum Gasteiger partial charge on any atom is 0.328 e. The lowest BCUT2D eigenvalue weighted by molar-refractivity contribution is -0.187. The number of allylic oxidation sites excluding steroid dienone is 3. The predicted molar refractivity (Wildman–Crippen MR) is 340 cm³/mol. The van der Waals surface area contributed by atoms with Gasteiger partial charge in [-0.3, -0.25) is 33.6 Å². The summed E-state index contributed by atoms with van der Waals surface area (Å²) in [6.45, 7) is 14.4. The first-order valence-electron chi connectivity index (χ1n) is 30.1. The van der Waals surface area contributed by atoms with Crippen molar-refractivity contribution in [2.45, 2.75) is 193 Å². The maximum absolute atomic E-state index is 14.5. The summed E-state index contributed by atoms with van der Waals surface area (Å²) in [6.07, 6.45) is 5.57. The Hall–Kier alpha value is -5.32. The molecule has 87 heavy (non-hydrogen) atoms. The number of nitrogens with two attached hydrogens (primary N) is 1. The average molecular weight is 1360 g/mol. The third-order valence-electron chi connectivity index (χ3n) is 17.4. The SMILES string of the molecule is CO[C@@H]1/C=C/C=C(\C)Cc2cc(C)c(Cl)c(c2)N(C)C(=O)C[C@H](OC(=O)[C@H](C)N(C)C(=O)c2ccc(CC(=O)[C@H](CCCNC(N)=O)NC(=O)[C@@H](CC(=O)CCCCCCC(=O)C(CBr)CBr)C(C)C)c(C)c2)[C@]2(C)O[C@H]2[C@H](C)[C@@H]2C[C@@]1(O)CC(=O)O2. The molecule has 22 heteroatoms. The zero-order chi connectivity index (χ0) is 64.7. The number of methoxy groups -OCH3 is 1. The quantitative estimate of drug-likeness (QED) is 0.0281. The number of benzene rings is 2. The van der Waals surface area contributed by atoms with Gasteiger partial charge in [0.25, 0.3) is 5.91 Å². The Balaban J connectivity index is 1.31. The topological polar surface area (TPSA) is 271 Å². The number of unbranched alkanes of at least 4 members (excludes halogenated alkanes) is 3. The average Bonchev–Trinajstić information content (AvgIpc) is 1.65. The lowest BCUT2D eigenvalue weighted by Gasteiger charge is -2.41. The van der Waals surface area contributed by atoms with Gasteiger partial charge in [-0.2, -0.15) is 0 Å². The van der Waals surface area contributed by atoms with Crippen LogP contribution in [0.5, 0.6) is 0 Å². The molecule has 480 valence electrons. The Labute approximate surface area is 534 Å². The van der Waals surface area contributed by atoms with Crippen LogP contribution in [0.2, 0.25) is 5.02 Å². The van der Waals surface area contributed by atoms with E-state index in [1.165, 1.54) is 36.9 Å². The minimum absolute atomic E-state index is 0.000161. The first kappa shape index (κ1) is 72.4. The Morgan fingerprint density at radius 3 is 2.26 bits per heavy atom. The molecule has 0 saturated carbocycles. The van der Waals surface area contributed by atoms with Crippen LogP contribution in [0, 0.1) is 37.5 Å². The van der Waals surface area contributed by atoms with Crippen molar-refractivity contribution in [2.75, 3.05) is 43.3 Å². The molecule has 0 aromatic heterocycles. The van der Waals surface area contributed by atoms with Crippen molar-refractivity contribution in [3.05, 3.63) is 87.0 Å². The molecule has 5 rings (SSSR count). The third-order valence-corrected chi connectivity index (χ3v) is 19.4. The minimum Gasteiger partial charge on any atom is -0.462 e. The van der Waals surface area contributed by atoms with Crippen molar-refractivity contribution in [1.29, 1.82) is 0 Å². The van der Waals surface area contributed by atoms with Crippen LogP contribution in [0.25, 0.3) is 0 Å². The molecule has 0 unspecified atom stereocenters. The molecule has 2 fully saturated rings. The number of nitrogens with zero attached hydrogens (tertiary/aromatic N) is 2. The van der Waals surface area contributed by atoms with E-state index in [1.807, 2.05) is 45.9 Å².